The summed E-state index contributed by atoms with van der Waals surface area (Å²) in [6, 6.07) is 17.6. The van der Waals surface area contributed by atoms with Gasteiger partial charge in [-0.1, -0.05) is 12.1 Å². The lowest BCUT2D eigenvalue weighted by Gasteiger charge is -2.12. The molecule has 2 N–H and O–H groups in total. The van der Waals surface area contributed by atoms with E-state index in [0.717, 1.165) is 5.69 Å². The van der Waals surface area contributed by atoms with E-state index in [1.165, 1.54) is 6.20 Å². The van der Waals surface area contributed by atoms with Crippen LogP contribution >= 0.6 is 0 Å². The molecule has 0 aliphatic rings. The molecule has 0 saturated heterocycles. The summed E-state index contributed by atoms with van der Waals surface area (Å²) < 4.78 is 10.5. The Kier molecular flexibility index (Phi) is 5.72. The molecule has 0 bridgehead atoms. The van der Waals surface area contributed by atoms with E-state index in [4.69, 9.17) is 14.7 Å². The number of aromatic nitrogens is 1. The van der Waals surface area contributed by atoms with Crippen molar-refractivity contribution in [1.82, 2.24) is 4.98 Å². The highest BCUT2D eigenvalue weighted by Gasteiger charge is 2.10. The van der Waals surface area contributed by atoms with Crippen LogP contribution in [-0.4, -0.2) is 25.1 Å². The fourth-order valence-electron chi connectivity index (χ4n) is 2.53. The van der Waals surface area contributed by atoms with E-state index in [9.17, 15) is 4.79 Å². The van der Waals surface area contributed by atoms with Gasteiger partial charge in [-0.15, -0.1) is 0 Å². The third-order valence-corrected chi connectivity index (χ3v) is 3.99. The second kappa shape index (κ2) is 8.56. The highest BCUT2D eigenvalue weighted by Crippen LogP contribution is 2.31. The van der Waals surface area contributed by atoms with Gasteiger partial charge in [0.1, 0.15) is 23.4 Å². The summed E-state index contributed by atoms with van der Waals surface area (Å²) in [4.78, 5) is 16.7. The van der Waals surface area contributed by atoms with Crippen LogP contribution in [0.2, 0.25) is 0 Å². The molecule has 1 heterocycles. The largest absolute Gasteiger partial charge is 0.497 e. The Morgan fingerprint density at radius 2 is 1.86 bits per heavy atom. The summed E-state index contributed by atoms with van der Waals surface area (Å²) >= 11 is 0. The van der Waals surface area contributed by atoms with E-state index < -0.39 is 0 Å². The van der Waals surface area contributed by atoms with Crippen LogP contribution in [0.1, 0.15) is 15.9 Å². The Morgan fingerprint density at radius 1 is 1.04 bits per heavy atom. The highest BCUT2D eigenvalue weighted by atomic mass is 16.5. The number of nitriles is 1. The Morgan fingerprint density at radius 3 is 2.54 bits per heavy atom. The molecule has 0 spiro atoms. The number of carbonyl (C=O) groups is 1. The van der Waals surface area contributed by atoms with Gasteiger partial charge in [-0.25, -0.2) is 4.98 Å². The SMILES string of the molecule is COc1ccc(Nc2ccc(C(=O)Nc3ccccc3C#N)cn2)c(OC)c1. The molecule has 3 aromatic rings. The van der Waals surface area contributed by atoms with Gasteiger partial charge in [0.2, 0.25) is 0 Å². The van der Waals surface area contributed by atoms with Crippen molar-refractivity contribution in [2.75, 3.05) is 24.9 Å². The lowest BCUT2D eigenvalue weighted by molar-refractivity contribution is 0.102. The van der Waals surface area contributed by atoms with Gasteiger partial charge in [0.05, 0.1) is 36.7 Å². The zero-order valence-corrected chi connectivity index (χ0v) is 15.4. The number of methoxy groups -OCH3 is 2. The first-order chi connectivity index (χ1) is 13.6. The molecular weight excluding hydrogens is 356 g/mol. The molecule has 1 aromatic heterocycles. The maximum Gasteiger partial charge on any atom is 0.257 e. The quantitative estimate of drug-likeness (QED) is 0.678. The van der Waals surface area contributed by atoms with Gasteiger partial charge in [0, 0.05) is 12.3 Å². The van der Waals surface area contributed by atoms with Crippen molar-refractivity contribution in [3.63, 3.8) is 0 Å². The minimum atomic E-state index is -0.344. The van der Waals surface area contributed by atoms with Crippen molar-refractivity contribution >= 4 is 23.1 Å². The Hall–Kier alpha value is -4.05. The number of anilines is 3. The summed E-state index contributed by atoms with van der Waals surface area (Å²) in [6.45, 7) is 0. The maximum absolute atomic E-state index is 12.4. The average molecular weight is 374 g/mol. The van der Waals surface area contributed by atoms with Gasteiger partial charge in [-0.2, -0.15) is 5.26 Å². The lowest BCUT2D eigenvalue weighted by Crippen LogP contribution is -2.13. The third-order valence-electron chi connectivity index (χ3n) is 3.99. The Bertz CT molecular complexity index is 1030. The summed E-state index contributed by atoms with van der Waals surface area (Å²) in [6.07, 6.45) is 1.46. The molecular formula is C21H18N4O3. The molecule has 1 amide bonds. The van der Waals surface area contributed by atoms with Gasteiger partial charge in [0.25, 0.3) is 5.91 Å². The van der Waals surface area contributed by atoms with Crippen molar-refractivity contribution in [3.8, 4) is 17.6 Å². The second-order valence-electron chi connectivity index (χ2n) is 5.73. The molecule has 0 radical (unpaired) electrons. The van der Waals surface area contributed by atoms with Crippen LogP contribution in [0.25, 0.3) is 0 Å². The Labute approximate surface area is 162 Å². The van der Waals surface area contributed by atoms with Crippen molar-refractivity contribution in [1.29, 1.82) is 5.26 Å². The number of rotatable bonds is 6. The fourth-order valence-corrected chi connectivity index (χ4v) is 2.53. The molecule has 2 aromatic carbocycles. The molecule has 0 unspecified atom stereocenters. The van der Waals surface area contributed by atoms with Crippen molar-refractivity contribution in [2.24, 2.45) is 0 Å². The topological polar surface area (TPSA) is 96.3 Å². The summed E-state index contributed by atoms with van der Waals surface area (Å²) in [5.74, 6) is 1.50. The van der Waals surface area contributed by atoms with E-state index in [1.54, 1.807) is 62.8 Å². The highest BCUT2D eigenvalue weighted by molar-refractivity contribution is 6.04. The van der Waals surface area contributed by atoms with Crippen LogP contribution in [0, 0.1) is 11.3 Å². The molecule has 0 saturated carbocycles. The van der Waals surface area contributed by atoms with Gasteiger partial charge in [-0.05, 0) is 36.4 Å². The minimum absolute atomic E-state index is 0.344. The lowest BCUT2D eigenvalue weighted by atomic mass is 10.2. The van der Waals surface area contributed by atoms with Crippen molar-refractivity contribution in [3.05, 3.63) is 71.9 Å². The molecule has 0 fully saturated rings. The molecule has 28 heavy (non-hydrogen) atoms. The zero-order valence-electron chi connectivity index (χ0n) is 15.4. The minimum Gasteiger partial charge on any atom is -0.497 e. The van der Waals surface area contributed by atoms with E-state index >= 15 is 0 Å². The smallest absolute Gasteiger partial charge is 0.257 e. The number of para-hydroxylation sites is 1. The number of carbonyl (C=O) groups excluding carboxylic acids is 1. The fraction of sp³-hybridized carbons (Fsp3) is 0.0952. The number of pyridine rings is 1. The molecule has 7 heteroatoms. The standard InChI is InChI=1S/C21H18N4O3/c1-27-16-8-9-18(19(11-16)28-2)24-20-10-7-15(13-23-20)21(26)25-17-6-4-3-5-14(17)12-22/h3-11,13H,1-2H3,(H,23,24)(H,25,26). The summed E-state index contributed by atoms with van der Waals surface area (Å²) in [7, 11) is 3.15. The first kappa shape index (κ1) is 18.7. The number of benzene rings is 2. The predicted octanol–water partition coefficient (Wildman–Crippen LogP) is 3.97. The van der Waals surface area contributed by atoms with Gasteiger partial charge < -0.3 is 20.1 Å². The molecule has 7 nitrogen and oxygen atoms in total. The van der Waals surface area contributed by atoms with E-state index in [1.807, 2.05) is 12.1 Å². The monoisotopic (exact) mass is 374 g/mol. The summed E-state index contributed by atoms with van der Waals surface area (Å²) in [5, 5.41) is 15.0. The average Bonchev–Trinajstić information content (AvgIpc) is 2.74. The first-order valence-electron chi connectivity index (χ1n) is 8.40. The first-order valence-corrected chi connectivity index (χ1v) is 8.40. The van der Waals surface area contributed by atoms with Crippen LogP contribution in [0.15, 0.2) is 60.8 Å². The number of nitrogens with zero attached hydrogens (tertiary/aromatic N) is 2. The van der Waals surface area contributed by atoms with Crippen LogP contribution < -0.4 is 20.1 Å². The number of amides is 1. The number of nitrogens with one attached hydrogen (secondary N) is 2. The number of hydrogen-bond donors (Lipinski definition) is 2. The van der Waals surface area contributed by atoms with Crippen LogP contribution in [-0.2, 0) is 0 Å². The van der Waals surface area contributed by atoms with E-state index in [2.05, 4.69) is 15.6 Å². The molecule has 3 rings (SSSR count). The zero-order chi connectivity index (χ0) is 19.9. The Balaban J connectivity index is 1.73. The number of ether oxygens (including phenoxy) is 2. The molecule has 140 valence electrons. The van der Waals surface area contributed by atoms with Crippen LogP contribution in [0.5, 0.6) is 11.5 Å². The molecule has 0 atom stereocenters. The van der Waals surface area contributed by atoms with E-state index in [0.29, 0.717) is 34.1 Å². The van der Waals surface area contributed by atoms with Gasteiger partial charge >= 0.3 is 0 Å². The molecule has 0 aliphatic heterocycles. The summed E-state index contributed by atoms with van der Waals surface area (Å²) in [5.41, 5.74) is 1.95. The molecule has 0 aliphatic carbocycles. The predicted molar refractivity (Wildman–Crippen MR) is 106 cm³/mol. The third kappa shape index (κ3) is 4.19. The van der Waals surface area contributed by atoms with Crippen LogP contribution in [0.3, 0.4) is 0 Å². The van der Waals surface area contributed by atoms with Crippen molar-refractivity contribution in [2.45, 2.75) is 0 Å². The number of hydrogen-bond acceptors (Lipinski definition) is 6. The maximum atomic E-state index is 12.4. The van der Waals surface area contributed by atoms with E-state index in [-0.39, 0.29) is 5.91 Å². The van der Waals surface area contributed by atoms with Gasteiger partial charge in [-0.3, -0.25) is 4.79 Å². The van der Waals surface area contributed by atoms with Gasteiger partial charge in [0.15, 0.2) is 0 Å². The van der Waals surface area contributed by atoms with Crippen LogP contribution in [0.4, 0.5) is 17.2 Å². The second-order valence-corrected chi connectivity index (χ2v) is 5.73. The van der Waals surface area contributed by atoms with Crippen molar-refractivity contribution < 1.29 is 14.3 Å². The normalized spacial score (nSPS) is 9.89.